The molecule has 1 heterocycles. The number of ether oxygens (including phenoxy) is 1. The molecule has 0 bridgehead atoms. The minimum absolute atomic E-state index is 0.403. The molecule has 0 saturated carbocycles. The first-order valence-corrected chi connectivity index (χ1v) is 5.97. The maximum Gasteiger partial charge on any atom is 0.129 e. The number of benzene rings is 1. The first-order chi connectivity index (χ1) is 8.15. The Hall–Kier alpha value is -0.960. The van der Waals surface area contributed by atoms with Crippen molar-refractivity contribution in [3.05, 3.63) is 57.3 Å². The van der Waals surface area contributed by atoms with Crippen LogP contribution >= 0.6 is 34.8 Å². The number of pyridine rings is 1. The van der Waals surface area contributed by atoms with E-state index in [1.807, 2.05) is 6.07 Å². The molecule has 0 spiro atoms. The quantitative estimate of drug-likeness (QED) is 0.769. The molecule has 0 radical (unpaired) electrons. The molecule has 0 aliphatic carbocycles. The minimum Gasteiger partial charge on any atom is -0.489 e. The molecule has 5 heteroatoms. The molecule has 1 aromatic carbocycles. The fraction of sp³-hybridized carbons (Fsp3) is 0.0833. The lowest BCUT2D eigenvalue weighted by molar-refractivity contribution is 0.306. The van der Waals surface area contributed by atoms with Gasteiger partial charge in [0.05, 0.1) is 10.0 Å². The highest BCUT2D eigenvalue weighted by molar-refractivity contribution is 6.42. The van der Waals surface area contributed by atoms with Crippen LogP contribution in [-0.4, -0.2) is 4.98 Å². The van der Waals surface area contributed by atoms with Crippen LogP contribution in [0.25, 0.3) is 0 Å². The van der Waals surface area contributed by atoms with Gasteiger partial charge in [-0.2, -0.15) is 0 Å². The summed E-state index contributed by atoms with van der Waals surface area (Å²) in [7, 11) is 0. The fourth-order valence-corrected chi connectivity index (χ4v) is 1.75. The normalized spacial score (nSPS) is 10.3. The SMILES string of the molecule is Clc1cc(COc2ccc(Cl)c(Cl)c2)ccn1. The standard InChI is InChI=1S/C12H8Cl3NO/c13-10-2-1-9(6-11(10)14)17-7-8-3-4-16-12(15)5-8/h1-6H,7H2. The molecule has 0 fully saturated rings. The van der Waals surface area contributed by atoms with Crippen molar-refractivity contribution in [1.82, 2.24) is 4.98 Å². The summed E-state index contributed by atoms with van der Waals surface area (Å²) in [6.45, 7) is 0.403. The van der Waals surface area contributed by atoms with Gasteiger partial charge in [-0.05, 0) is 29.8 Å². The van der Waals surface area contributed by atoms with Crippen LogP contribution < -0.4 is 4.74 Å². The van der Waals surface area contributed by atoms with Crippen molar-refractivity contribution in [2.24, 2.45) is 0 Å². The van der Waals surface area contributed by atoms with Gasteiger partial charge in [-0.15, -0.1) is 0 Å². The van der Waals surface area contributed by atoms with E-state index < -0.39 is 0 Å². The van der Waals surface area contributed by atoms with Gasteiger partial charge in [-0.25, -0.2) is 4.98 Å². The molecule has 2 nitrogen and oxygen atoms in total. The Morgan fingerprint density at radius 3 is 2.53 bits per heavy atom. The van der Waals surface area contributed by atoms with Gasteiger partial charge < -0.3 is 4.74 Å². The highest BCUT2D eigenvalue weighted by Gasteiger charge is 2.01. The van der Waals surface area contributed by atoms with Crippen molar-refractivity contribution < 1.29 is 4.74 Å². The number of hydrogen-bond acceptors (Lipinski definition) is 2. The van der Waals surface area contributed by atoms with Crippen LogP contribution in [-0.2, 0) is 6.61 Å². The Morgan fingerprint density at radius 1 is 1.00 bits per heavy atom. The van der Waals surface area contributed by atoms with Crippen LogP contribution in [0.1, 0.15) is 5.56 Å². The van der Waals surface area contributed by atoms with Gasteiger partial charge >= 0.3 is 0 Å². The van der Waals surface area contributed by atoms with E-state index in [2.05, 4.69) is 4.98 Å². The lowest BCUT2D eigenvalue weighted by atomic mass is 10.3. The van der Waals surface area contributed by atoms with Crippen molar-refractivity contribution in [3.8, 4) is 5.75 Å². The molecule has 0 saturated heterocycles. The van der Waals surface area contributed by atoms with Gasteiger partial charge in [0.2, 0.25) is 0 Å². The first kappa shape index (κ1) is 12.5. The molecule has 1 aromatic heterocycles. The largest absolute Gasteiger partial charge is 0.489 e. The second kappa shape index (κ2) is 5.58. The Kier molecular flexibility index (Phi) is 4.11. The van der Waals surface area contributed by atoms with Gasteiger partial charge in [0.1, 0.15) is 17.5 Å². The van der Waals surface area contributed by atoms with E-state index in [-0.39, 0.29) is 0 Å². The number of rotatable bonds is 3. The molecule has 0 atom stereocenters. The molecule has 2 aromatic rings. The molecule has 2 rings (SSSR count). The topological polar surface area (TPSA) is 22.1 Å². The Balaban J connectivity index is 2.05. The monoisotopic (exact) mass is 287 g/mol. The molecule has 88 valence electrons. The average Bonchev–Trinajstić information content (AvgIpc) is 2.31. The highest BCUT2D eigenvalue weighted by Crippen LogP contribution is 2.26. The van der Waals surface area contributed by atoms with Crippen LogP contribution in [0, 0.1) is 0 Å². The summed E-state index contributed by atoms with van der Waals surface area (Å²) in [5.41, 5.74) is 0.941. The van der Waals surface area contributed by atoms with E-state index in [1.54, 1.807) is 30.5 Å². The molecule has 0 aliphatic rings. The summed E-state index contributed by atoms with van der Waals surface area (Å²) in [6, 6.07) is 8.71. The van der Waals surface area contributed by atoms with E-state index >= 15 is 0 Å². The molecular formula is C12H8Cl3NO. The van der Waals surface area contributed by atoms with E-state index in [9.17, 15) is 0 Å². The Bertz CT molecular complexity index is 531. The molecule has 0 unspecified atom stereocenters. The number of hydrogen-bond donors (Lipinski definition) is 0. The van der Waals surface area contributed by atoms with E-state index in [4.69, 9.17) is 39.5 Å². The summed E-state index contributed by atoms with van der Waals surface area (Å²) >= 11 is 17.5. The van der Waals surface area contributed by atoms with Gasteiger partial charge in [-0.1, -0.05) is 34.8 Å². The van der Waals surface area contributed by atoms with Crippen LogP contribution in [0.3, 0.4) is 0 Å². The Labute approximate surface area is 114 Å². The van der Waals surface area contributed by atoms with Gasteiger partial charge in [-0.3, -0.25) is 0 Å². The number of halogens is 3. The first-order valence-electron chi connectivity index (χ1n) is 4.83. The lowest BCUT2D eigenvalue weighted by Crippen LogP contribution is -1.95. The zero-order valence-corrected chi connectivity index (χ0v) is 10.9. The molecule has 0 aliphatic heterocycles. The third kappa shape index (κ3) is 3.50. The van der Waals surface area contributed by atoms with Crippen LogP contribution in [0.5, 0.6) is 5.75 Å². The van der Waals surface area contributed by atoms with Crippen LogP contribution in [0.2, 0.25) is 15.2 Å². The predicted molar refractivity (Wildman–Crippen MR) is 70.0 cm³/mol. The van der Waals surface area contributed by atoms with Crippen molar-refractivity contribution in [1.29, 1.82) is 0 Å². The summed E-state index contributed by atoms with van der Waals surface area (Å²) < 4.78 is 5.55. The molecule has 17 heavy (non-hydrogen) atoms. The van der Waals surface area contributed by atoms with E-state index in [1.165, 1.54) is 0 Å². The fourth-order valence-electron chi connectivity index (χ4n) is 1.27. The number of nitrogens with zero attached hydrogens (tertiary/aromatic N) is 1. The van der Waals surface area contributed by atoms with E-state index in [0.29, 0.717) is 27.6 Å². The second-order valence-corrected chi connectivity index (χ2v) is 4.55. The second-order valence-electron chi connectivity index (χ2n) is 3.35. The third-order valence-corrected chi connectivity index (χ3v) is 3.03. The zero-order chi connectivity index (χ0) is 12.3. The average molecular weight is 289 g/mol. The highest BCUT2D eigenvalue weighted by atomic mass is 35.5. The van der Waals surface area contributed by atoms with E-state index in [0.717, 1.165) is 5.56 Å². The van der Waals surface area contributed by atoms with Gasteiger partial charge in [0.15, 0.2) is 0 Å². The lowest BCUT2D eigenvalue weighted by Gasteiger charge is -2.07. The number of aromatic nitrogens is 1. The van der Waals surface area contributed by atoms with Gasteiger partial charge in [0.25, 0.3) is 0 Å². The molecular weight excluding hydrogens is 280 g/mol. The maximum atomic E-state index is 5.88. The summed E-state index contributed by atoms with van der Waals surface area (Å²) in [6.07, 6.45) is 1.63. The summed E-state index contributed by atoms with van der Waals surface area (Å²) in [5.74, 6) is 0.660. The minimum atomic E-state index is 0.403. The van der Waals surface area contributed by atoms with Crippen LogP contribution in [0.4, 0.5) is 0 Å². The molecule has 0 amide bonds. The molecule has 0 N–H and O–H groups in total. The Morgan fingerprint density at radius 2 is 1.82 bits per heavy atom. The predicted octanol–water partition coefficient (Wildman–Crippen LogP) is 4.62. The van der Waals surface area contributed by atoms with Crippen molar-refractivity contribution in [3.63, 3.8) is 0 Å². The summed E-state index contributed by atoms with van der Waals surface area (Å²) in [5, 5.41) is 1.42. The summed E-state index contributed by atoms with van der Waals surface area (Å²) in [4.78, 5) is 3.89. The van der Waals surface area contributed by atoms with Crippen molar-refractivity contribution in [2.75, 3.05) is 0 Å². The zero-order valence-electron chi connectivity index (χ0n) is 8.66. The third-order valence-electron chi connectivity index (χ3n) is 2.09. The van der Waals surface area contributed by atoms with Crippen LogP contribution in [0.15, 0.2) is 36.5 Å². The smallest absolute Gasteiger partial charge is 0.129 e. The maximum absolute atomic E-state index is 5.88. The van der Waals surface area contributed by atoms with Crippen molar-refractivity contribution in [2.45, 2.75) is 6.61 Å². The van der Waals surface area contributed by atoms with Gasteiger partial charge in [0, 0.05) is 12.3 Å². The van der Waals surface area contributed by atoms with Crippen molar-refractivity contribution >= 4 is 34.8 Å².